The number of benzene rings is 2. The van der Waals surface area contributed by atoms with E-state index in [4.69, 9.17) is 0 Å². The molecular weight excluding hydrogens is 371 g/mol. The Morgan fingerprint density at radius 2 is 1.83 bits per heavy atom. The fraction of sp³-hybridized carbons (Fsp3) is 0.318. The second kappa shape index (κ2) is 8.53. The standard InChI is InChI=1S/C22H23FN4O2/c23-17-7-5-16(6-8-17)14-26-11-9-18(10-12-26)25-22(29)15-27-20-4-2-1-3-19(20)21(28)13-24-27/h1-8,13,18H,9-12,14-15H2,(H,25,29). The Hall–Kier alpha value is -3.06. The van der Waals surface area contributed by atoms with Crippen LogP contribution in [0.4, 0.5) is 4.39 Å². The topological polar surface area (TPSA) is 67.2 Å². The first-order valence-electron chi connectivity index (χ1n) is 9.79. The summed E-state index contributed by atoms with van der Waals surface area (Å²) in [5, 5.41) is 7.76. The average molecular weight is 394 g/mol. The molecule has 1 amide bonds. The van der Waals surface area contributed by atoms with Crippen molar-refractivity contribution in [3.05, 3.63) is 76.3 Å². The molecule has 6 nitrogen and oxygen atoms in total. The lowest BCUT2D eigenvalue weighted by Crippen LogP contribution is -2.45. The molecule has 0 aliphatic carbocycles. The van der Waals surface area contributed by atoms with Gasteiger partial charge in [0.15, 0.2) is 0 Å². The van der Waals surface area contributed by atoms with Crippen LogP contribution in [0.1, 0.15) is 18.4 Å². The van der Waals surface area contributed by atoms with E-state index in [0.717, 1.165) is 38.0 Å². The number of fused-ring (bicyclic) bond motifs is 1. The summed E-state index contributed by atoms with van der Waals surface area (Å²) in [6.07, 6.45) is 2.99. The van der Waals surface area contributed by atoms with Gasteiger partial charge in [0.1, 0.15) is 12.4 Å². The molecule has 0 spiro atoms. The van der Waals surface area contributed by atoms with Gasteiger partial charge in [0.25, 0.3) is 0 Å². The zero-order valence-electron chi connectivity index (χ0n) is 16.1. The first kappa shape index (κ1) is 19.3. The number of hydrogen-bond donors (Lipinski definition) is 1. The molecule has 0 saturated carbocycles. The number of carbonyl (C=O) groups excluding carboxylic acids is 1. The van der Waals surface area contributed by atoms with Gasteiger partial charge in [0, 0.05) is 31.1 Å². The van der Waals surface area contributed by atoms with Crippen molar-refractivity contribution in [1.82, 2.24) is 20.0 Å². The minimum absolute atomic E-state index is 0.0799. The lowest BCUT2D eigenvalue weighted by atomic mass is 10.0. The van der Waals surface area contributed by atoms with Crippen LogP contribution in [0.5, 0.6) is 0 Å². The molecule has 1 aliphatic rings. The van der Waals surface area contributed by atoms with E-state index in [1.54, 1.807) is 22.9 Å². The highest BCUT2D eigenvalue weighted by Crippen LogP contribution is 2.15. The predicted octanol–water partition coefficient (Wildman–Crippen LogP) is 2.32. The van der Waals surface area contributed by atoms with Crippen molar-refractivity contribution in [1.29, 1.82) is 0 Å². The Balaban J connectivity index is 1.31. The van der Waals surface area contributed by atoms with Crippen LogP contribution in [0, 0.1) is 5.82 Å². The maximum absolute atomic E-state index is 13.0. The van der Waals surface area contributed by atoms with Crippen LogP contribution in [-0.4, -0.2) is 39.7 Å². The number of piperidine rings is 1. The molecule has 0 bridgehead atoms. The fourth-order valence-electron chi connectivity index (χ4n) is 3.78. The van der Waals surface area contributed by atoms with Gasteiger partial charge in [-0.3, -0.25) is 19.2 Å². The molecule has 1 aliphatic heterocycles. The Labute approximate surface area is 167 Å². The molecule has 1 saturated heterocycles. The van der Waals surface area contributed by atoms with Crippen LogP contribution in [-0.2, 0) is 17.9 Å². The third-order valence-electron chi connectivity index (χ3n) is 5.33. The van der Waals surface area contributed by atoms with Gasteiger partial charge < -0.3 is 5.32 Å². The maximum Gasteiger partial charge on any atom is 0.241 e. The van der Waals surface area contributed by atoms with Gasteiger partial charge in [0.2, 0.25) is 11.3 Å². The Bertz CT molecular complexity index is 1060. The SMILES string of the molecule is O=C(Cn1ncc(=O)c2ccccc21)NC1CCN(Cc2ccc(F)cc2)CC1. The molecule has 0 atom stereocenters. The van der Waals surface area contributed by atoms with E-state index in [-0.39, 0.29) is 29.7 Å². The number of aromatic nitrogens is 2. The number of nitrogens with zero attached hydrogens (tertiary/aromatic N) is 3. The van der Waals surface area contributed by atoms with Crippen LogP contribution in [0.2, 0.25) is 0 Å². The predicted molar refractivity (Wildman–Crippen MR) is 109 cm³/mol. The summed E-state index contributed by atoms with van der Waals surface area (Å²) in [7, 11) is 0. The summed E-state index contributed by atoms with van der Waals surface area (Å²) in [5.74, 6) is -0.330. The minimum Gasteiger partial charge on any atom is -0.352 e. The first-order chi connectivity index (χ1) is 14.1. The number of amides is 1. The van der Waals surface area contributed by atoms with E-state index in [9.17, 15) is 14.0 Å². The molecule has 1 N–H and O–H groups in total. The van der Waals surface area contributed by atoms with E-state index < -0.39 is 0 Å². The monoisotopic (exact) mass is 394 g/mol. The summed E-state index contributed by atoms with van der Waals surface area (Å²) >= 11 is 0. The van der Waals surface area contributed by atoms with E-state index in [2.05, 4.69) is 15.3 Å². The molecule has 1 aromatic heterocycles. The molecule has 0 unspecified atom stereocenters. The first-order valence-corrected chi connectivity index (χ1v) is 9.79. The summed E-state index contributed by atoms with van der Waals surface area (Å²) in [6, 6.07) is 13.9. The molecular formula is C22H23FN4O2. The van der Waals surface area contributed by atoms with Crippen LogP contribution in [0.3, 0.4) is 0 Å². The molecule has 0 radical (unpaired) electrons. The second-order valence-corrected chi connectivity index (χ2v) is 7.43. The van der Waals surface area contributed by atoms with Crippen molar-refractivity contribution >= 4 is 16.8 Å². The zero-order valence-corrected chi connectivity index (χ0v) is 16.1. The zero-order chi connectivity index (χ0) is 20.2. The van der Waals surface area contributed by atoms with Crippen molar-refractivity contribution in [2.45, 2.75) is 32.0 Å². The second-order valence-electron chi connectivity index (χ2n) is 7.43. The molecule has 29 heavy (non-hydrogen) atoms. The van der Waals surface area contributed by atoms with Crippen LogP contribution in [0.15, 0.2) is 59.5 Å². The van der Waals surface area contributed by atoms with Gasteiger partial charge in [-0.15, -0.1) is 0 Å². The van der Waals surface area contributed by atoms with Gasteiger partial charge in [-0.2, -0.15) is 5.10 Å². The van der Waals surface area contributed by atoms with E-state index in [0.29, 0.717) is 10.9 Å². The number of carbonyl (C=O) groups is 1. The van der Waals surface area contributed by atoms with Gasteiger partial charge >= 0.3 is 0 Å². The number of nitrogens with one attached hydrogen (secondary N) is 1. The van der Waals surface area contributed by atoms with Crippen molar-refractivity contribution in [2.24, 2.45) is 0 Å². The number of likely N-dealkylation sites (tertiary alicyclic amines) is 1. The maximum atomic E-state index is 13.0. The van der Waals surface area contributed by atoms with Crippen molar-refractivity contribution in [3.8, 4) is 0 Å². The lowest BCUT2D eigenvalue weighted by molar-refractivity contribution is -0.122. The van der Waals surface area contributed by atoms with E-state index >= 15 is 0 Å². The number of halogens is 1. The molecule has 4 rings (SSSR count). The Morgan fingerprint density at radius 1 is 1.10 bits per heavy atom. The molecule has 2 heterocycles. The lowest BCUT2D eigenvalue weighted by Gasteiger charge is -2.32. The Kier molecular flexibility index (Phi) is 5.67. The van der Waals surface area contributed by atoms with Gasteiger partial charge in [-0.05, 0) is 42.7 Å². The normalized spacial score (nSPS) is 15.5. The van der Waals surface area contributed by atoms with Crippen molar-refractivity contribution in [3.63, 3.8) is 0 Å². The van der Waals surface area contributed by atoms with E-state index in [1.165, 1.54) is 18.3 Å². The molecule has 3 aromatic rings. The smallest absolute Gasteiger partial charge is 0.241 e. The third kappa shape index (κ3) is 4.68. The average Bonchev–Trinajstić information content (AvgIpc) is 2.73. The third-order valence-corrected chi connectivity index (χ3v) is 5.33. The summed E-state index contributed by atoms with van der Waals surface area (Å²) in [4.78, 5) is 26.7. The highest BCUT2D eigenvalue weighted by atomic mass is 19.1. The highest BCUT2D eigenvalue weighted by molar-refractivity contribution is 5.81. The number of hydrogen-bond acceptors (Lipinski definition) is 4. The molecule has 150 valence electrons. The largest absolute Gasteiger partial charge is 0.352 e. The summed E-state index contributed by atoms with van der Waals surface area (Å²) in [5.41, 5.74) is 1.60. The van der Waals surface area contributed by atoms with Crippen LogP contribution < -0.4 is 10.7 Å². The van der Waals surface area contributed by atoms with Gasteiger partial charge in [0.05, 0.1) is 11.7 Å². The fourth-order valence-corrected chi connectivity index (χ4v) is 3.78. The van der Waals surface area contributed by atoms with Gasteiger partial charge in [-0.25, -0.2) is 4.39 Å². The number of para-hydroxylation sites is 1. The van der Waals surface area contributed by atoms with E-state index in [1.807, 2.05) is 18.2 Å². The highest BCUT2D eigenvalue weighted by Gasteiger charge is 2.21. The van der Waals surface area contributed by atoms with Crippen molar-refractivity contribution in [2.75, 3.05) is 13.1 Å². The van der Waals surface area contributed by atoms with Gasteiger partial charge in [-0.1, -0.05) is 24.3 Å². The molecule has 7 heteroatoms. The molecule has 1 fully saturated rings. The molecule has 2 aromatic carbocycles. The van der Waals surface area contributed by atoms with Crippen LogP contribution in [0.25, 0.3) is 10.9 Å². The van der Waals surface area contributed by atoms with Crippen molar-refractivity contribution < 1.29 is 9.18 Å². The quantitative estimate of drug-likeness (QED) is 0.721. The van der Waals surface area contributed by atoms with Crippen LogP contribution >= 0.6 is 0 Å². The summed E-state index contributed by atoms with van der Waals surface area (Å²) in [6.45, 7) is 2.62. The Morgan fingerprint density at radius 3 is 2.59 bits per heavy atom. The number of rotatable bonds is 5. The minimum atomic E-state index is -0.222. The summed E-state index contributed by atoms with van der Waals surface area (Å²) < 4.78 is 14.6.